The Morgan fingerprint density at radius 2 is 1.48 bits per heavy atom. The maximum absolute atomic E-state index is 13.4. The van der Waals surface area contributed by atoms with Gasteiger partial charge in [-0.25, -0.2) is 8.42 Å². The number of ether oxygens (including phenoxy) is 2. The number of benzene rings is 2. The Bertz CT molecular complexity index is 1680. The van der Waals surface area contributed by atoms with Gasteiger partial charge in [-0.15, -0.1) is 0 Å². The van der Waals surface area contributed by atoms with E-state index in [4.69, 9.17) is 9.47 Å². The number of pyridine rings is 2. The Kier molecular flexibility index (Phi) is 7.52. The Labute approximate surface area is 231 Å². The lowest BCUT2D eigenvalue weighted by atomic mass is 10.1. The molecule has 0 saturated carbocycles. The summed E-state index contributed by atoms with van der Waals surface area (Å²) >= 11 is 0. The smallest absolute Gasteiger partial charge is 0.264 e. The van der Waals surface area contributed by atoms with E-state index < -0.39 is 10.0 Å². The number of fused-ring (bicyclic) bond motifs is 1. The highest BCUT2D eigenvalue weighted by atomic mass is 32.2. The van der Waals surface area contributed by atoms with Crippen molar-refractivity contribution in [2.45, 2.75) is 4.90 Å². The van der Waals surface area contributed by atoms with Crippen molar-refractivity contribution < 1.29 is 27.5 Å². The van der Waals surface area contributed by atoms with Crippen molar-refractivity contribution in [1.29, 1.82) is 0 Å². The molecular formula is C28H27N5O6S. The predicted molar refractivity (Wildman–Crippen MR) is 148 cm³/mol. The third-order valence-electron chi connectivity index (χ3n) is 6.66. The number of para-hydroxylation sites is 1. The van der Waals surface area contributed by atoms with Crippen LogP contribution in [0.1, 0.15) is 20.7 Å². The number of carbonyl (C=O) groups excluding carboxylic acids is 2. The van der Waals surface area contributed by atoms with E-state index in [0.29, 0.717) is 48.4 Å². The number of methoxy groups -OCH3 is 2. The fourth-order valence-electron chi connectivity index (χ4n) is 4.61. The third-order valence-corrected chi connectivity index (χ3v) is 8.07. The van der Waals surface area contributed by atoms with E-state index in [-0.39, 0.29) is 33.7 Å². The van der Waals surface area contributed by atoms with Crippen LogP contribution < -0.4 is 14.2 Å². The molecule has 0 spiro atoms. The van der Waals surface area contributed by atoms with Crippen LogP contribution in [0.25, 0.3) is 10.9 Å². The molecule has 0 unspecified atom stereocenters. The number of amides is 2. The van der Waals surface area contributed by atoms with Gasteiger partial charge in [0.25, 0.3) is 21.8 Å². The van der Waals surface area contributed by atoms with Gasteiger partial charge in [0, 0.05) is 50.0 Å². The topological polar surface area (TPSA) is 131 Å². The Morgan fingerprint density at radius 3 is 2.15 bits per heavy atom. The monoisotopic (exact) mass is 561 g/mol. The summed E-state index contributed by atoms with van der Waals surface area (Å²) < 4.78 is 39.7. The first-order valence-corrected chi connectivity index (χ1v) is 13.9. The molecule has 11 nitrogen and oxygen atoms in total. The molecule has 1 N–H and O–H groups in total. The molecular weight excluding hydrogens is 534 g/mol. The van der Waals surface area contributed by atoms with Gasteiger partial charge in [0.2, 0.25) is 0 Å². The molecule has 0 aliphatic carbocycles. The molecule has 2 aromatic heterocycles. The average Bonchev–Trinajstić information content (AvgIpc) is 2.99. The van der Waals surface area contributed by atoms with Crippen molar-refractivity contribution in [3.8, 4) is 11.5 Å². The number of nitrogens with one attached hydrogen (secondary N) is 1. The second-order valence-electron chi connectivity index (χ2n) is 9.01. The summed E-state index contributed by atoms with van der Waals surface area (Å²) in [5.74, 6) is 0.143. The Balaban J connectivity index is 1.29. The Morgan fingerprint density at radius 1 is 0.825 bits per heavy atom. The van der Waals surface area contributed by atoms with Crippen LogP contribution in [0.15, 0.2) is 78.1 Å². The van der Waals surface area contributed by atoms with Crippen molar-refractivity contribution in [1.82, 2.24) is 19.8 Å². The van der Waals surface area contributed by atoms with E-state index in [9.17, 15) is 18.0 Å². The van der Waals surface area contributed by atoms with Crippen molar-refractivity contribution in [3.05, 3.63) is 84.3 Å². The van der Waals surface area contributed by atoms with Gasteiger partial charge in [-0.05, 0) is 30.3 Å². The molecule has 2 amide bonds. The number of aromatic nitrogens is 2. The molecule has 1 aliphatic rings. The minimum Gasteiger partial charge on any atom is -0.496 e. The number of sulfonamides is 1. The minimum atomic E-state index is -3.97. The van der Waals surface area contributed by atoms with Crippen LogP contribution in [0.2, 0.25) is 0 Å². The molecule has 4 aromatic rings. The number of carbonyl (C=O) groups is 2. The molecule has 5 rings (SSSR count). The normalized spacial score (nSPS) is 13.7. The predicted octanol–water partition coefficient (Wildman–Crippen LogP) is 3.05. The molecule has 2 aromatic carbocycles. The van der Waals surface area contributed by atoms with Gasteiger partial charge in [0.05, 0.1) is 42.7 Å². The number of hydrogen-bond acceptors (Lipinski definition) is 8. The zero-order valence-electron chi connectivity index (χ0n) is 21.9. The van der Waals surface area contributed by atoms with Gasteiger partial charge < -0.3 is 19.3 Å². The maximum atomic E-state index is 13.4. The van der Waals surface area contributed by atoms with Gasteiger partial charge in [0.1, 0.15) is 16.4 Å². The molecule has 3 heterocycles. The van der Waals surface area contributed by atoms with Crippen LogP contribution in [0.5, 0.6) is 11.5 Å². The number of nitrogens with zero attached hydrogens (tertiary/aromatic N) is 4. The van der Waals surface area contributed by atoms with Crippen LogP contribution in [0, 0.1) is 0 Å². The van der Waals surface area contributed by atoms with Crippen molar-refractivity contribution >= 4 is 38.4 Å². The highest BCUT2D eigenvalue weighted by Gasteiger charge is 2.28. The van der Waals surface area contributed by atoms with E-state index in [0.717, 1.165) is 0 Å². The van der Waals surface area contributed by atoms with E-state index in [2.05, 4.69) is 14.7 Å². The molecule has 0 bridgehead atoms. The molecule has 40 heavy (non-hydrogen) atoms. The lowest BCUT2D eigenvalue weighted by Gasteiger charge is -2.35. The molecule has 12 heteroatoms. The SMILES string of the molecule is COc1cnccc1C(=O)N1CCN(C(=O)c2ccc(NS(=O)(=O)c3cccc4cccnc34)cc2OC)CC1. The number of rotatable bonds is 7. The molecule has 1 aliphatic heterocycles. The van der Waals surface area contributed by atoms with Crippen LogP contribution in [-0.4, -0.2) is 80.4 Å². The summed E-state index contributed by atoms with van der Waals surface area (Å²) in [6.07, 6.45) is 4.56. The lowest BCUT2D eigenvalue weighted by Crippen LogP contribution is -2.50. The minimum absolute atomic E-state index is 0.0431. The number of anilines is 1. The summed E-state index contributed by atoms with van der Waals surface area (Å²) in [7, 11) is -1.08. The fraction of sp³-hybridized carbons (Fsp3) is 0.214. The zero-order chi connectivity index (χ0) is 28.3. The molecule has 0 radical (unpaired) electrons. The second-order valence-corrected chi connectivity index (χ2v) is 10.7. The summed E-state index contributed by atoms with van der Waals surface area (Å²) in [4.78, 5) is 37.9. The van der Waals surface area contributed by atoms with Gasteiger partial charge in [0.15, 0.2) is 0 Å². The van der Waals surface area contributed by atoms with E-state index in [1.54, 1.807) is 40.1 Å². The summed E-state index contributed by atoms with van der Waals surface area (Å²) in [6.45, 7) is 1.33. The fourth-order valence-corrected chi connectivity index (χ4v) is 5.84. The van der Waals surface area contributed by atoms with E-state index in [1.807, 2.05) is 0 Å². The van der Waals surface area contributed by atoms with Crippen LogP contribution >= 0.6 is 0 Å². The first kappa shape index (κ1) is 26.9. The van der Waals surface area contributed by atoms with Gasteiger partial charge in [-0.2, -0.15) is 0 Å². The molecule has 1 saturated heterocycles. The quantitative estimate of drug-likeness (QED) is 0.364. The van der Waals surface area contributed by atoms with Gasteiger partial charge in [-0.3, -0.25) is 24.3 Å². The summed E-state index contributed by atoms with van der Waals surface area (Å²) in [6, 6.07) is 14.6. The molecule has 1 fully saturated rings. The Hall–Kier alpha value is -4.71. The first-order chi connectivity index (χ1) is 19.3. The largest absolute Gasteiger partial charge is 0.496 e. The highest BCUT2D eigenvalue weighted by molar-refractivity contribution is 7.93. The number of hydrogen-bond donors (Lipinski definition) is 1. The zero-order valence-corrected chi connectivity index (χ0v) is 22.7. The maximum Gasteiger partial charge on any atom is 0.264 e. The van der Waals surface area contributed by atoms with E-state index in [1.165, 1.54) is 57.1 Å². The summed E-state index contributed by atoms with van der Waals surface area (Å²) in [5.41, 5.74) is 1.29. The standard InChI is InChI=1S/C28H27N5O6S/c1-38-23-17-20(31-40(36,37)25-7-3-5-19-6-4-11-30-26(19)25)8-9-21(23)27(34)32-13-15-33(16-14-32)28(35)22-10-12-29-18-24(22)39-2/h3-12,17-18,31H,13-16H2,1-2H3. The lowest BCUT2D eigenvalue weighted by molar-refractivity contribution is 0.0531. The number of piperazine rings is 1. The van der Waals surface area contributed by atoms with Crippen LogP contribution in [0.4, 0.5) is 5.69 Å². The second kappa shape index (κ2) is 11.2. The van der Waals surface area contributed by atoms with Crippen molar-refractivity contribution in [2.75, 3.05) is 45.1 Å². The molecule has 206 valence electrons. The third kappa shape index (κ3) is 5.25. The average molecular weight is 562 g/mol. The first-order valence-electron chi connectivity index (χ1n) is 12.4. The van der Waals surface area contributed by atoms with E-state index >= 15 is 0 Å². The van der Waals surface area contributed by atoms with Crippen molar-refractivity contribution in [2.24, 2.45) is 0 Å². The van der Waals surface area contributed by atoms with Gasteiger partial charge in [-0.1, -0.05) is 18.2 Å². The van der Waals surface area contributed by atoms with Crippen molar-refractivity contribution in [3.63, 3.8) is 0 Å². The molecule has 0 atom stereocenters. The highest BCUT2D eigenvalue weighted by Crippen LogP contribution is 2.28. The van der Waals surface area contributed by atoms with Crippen LogP contribution in [0.3, 0.4) is 0 Å². The van der Waals surface area contributed by atoms with Gasteiger partial charge >= 0.3 is 0 Å². The van der Waals surface area contributed by atoms with Crippen LogP contribution in [-0.2, 0) is 10.0 Å². The summed E-state index contributed by atoms with van der Waals surface area (Å²) in [5, 5.41) is 0.700.